The zero-order valence-corrected chi connectivity index (χ0v) is 6.31. The highest BCUT2D eigenvalue weighted by Gasteiger charge is 2.48. The third-order valence-electron chi connectivity index (χ3n) is 2.89. The molecule has 0 aromatic heterocycles. The summed E-state index contributed by atoms with van der Waals surface area (Å²) in [6, 6.07) is 0. The van der Waals surface area contributed by atoms with Crippen molar-refractivity contribution in [3.05, 3.63) is 0 Å². The molecule has 2 rings (SSSR count). The fourth-order valence-electron chi connectivity index (χ4n) is 1.83. The lowest BCUT2D eigenvalue weighted by molar-refractivity contribution is -0.124. The molecule has 1 aliphatic heterocycles. The summed E-state index contributed by atoms with van der Waals surface area (Å²) in [5.74, 6) is 1.13. The number of hydrogen-bond donors (Lipinski definition) is 1. The molecule has 1 aliphatic carbocycles. The van der Waals surface area contributed by atoms with Crippen molar-refractivity contribution < 1.29 is 4.79 Å². The van der Waals surface area contributed by atoms with E-state index < -0.39 is 0 Å². The second-order valence-electron chi connectivity index (χ2n) is 3.72. The fraction of sp³-hybridized carbons (Fsp3) is 0.875. The van der Waals surface area contributed by atoms with E-state index in [1.807, 2.05) is 0 Å². The van der Waals surface area contributed by atoms with Gasteiger partial charge in [0.1, 0.15) is 0 Å². The minimum atomic E-state index is 0.0139. The van der Waals surface area contributed by atoms with Crippen molar-refractivity contribution in [2.75, 3.05) is 13.1 Å². The van der Waals surface area contributed by atoms with Gasteiger partial charge in [0.2, 0.25) is 0 Å². The van der Waals surface area contributed by atoms with Crippen molar-refractivity contribution in [2.24, 2.45) is 11.3 Å². The lowest BCUT2D eigenvalue weighted by Crippen LogP contribution is -2.28. The van der Waals surface area contributed by atoms with Crippen molar-refractivity contribution in [2.45, 2.75) is 19.8 Å². The minimum absolute atomic E-state index is 0.0139. The molecule has 2 fully saturated rings. The van der Waals surface area contributed by atoms with Crippen molar-refractivity contribution in [3.8, 4) is 0 Å². The maximum Gasteiger partial charge on any atom is 0.154 e. The van der Waals surface area contributed by atoms with Gasteiger partial charge in [-0.3, -0.25) is 4.79 Å². The third kappa shape index (κ3) is 0.717. The highest BCUT2D eigenvalue weighted by atomic mass is 16.1. The molecule has 0 radical (unpaired) electrons. The molecule has 2 heteroatoms. The van der Waals surface area contributed by atoms with Crippen LogP contribution in [0.1, 0.15) is 19.8 Å². The zero-order valence-electron chi connectivity index (χ0n) is 6.31. The molecule has 2 aliphatic rings. The van der Waals surface area contributed by atoms with Crippen LogP contribution in [0.2, 0.25) is 0 Å². The van der Waals surface area contributed by atoms with Crippen LogP contribution in [0.15, 0.2) is 0 Å². The van der Waals surface area contributed by atoms with E-state index in [1.165, 1.54) is 12.8 Å². The second kappa shape index (κ2) is 1.82. The Morgan fingerprint density at radius 2 is 2.30 bits per heavy atom. The van der Waals surface area contributed by atoms with Crippen LogP contribution in [0, 0.1) is 11.3 Å². The first kappa shape index (κ1) is 6.35. The van der Waals surface area contributed by atoms with Crippen LogP contribution < -0.4 is 5.32 Å². The standard InChI is InChI=1S/C8H13NO/c1-8(6-2-3-6)5-9-4-7(8)10/h6,9H,2-5H2,1H3. The highest BCUT2D eigenvalue weighted by Crippen LogP contribution is 2.46. The lowest BCUT2D eigenvalue weighted by Gasteiger charge is -2.19. The number of hydrogen-bond acceptors (Lipinski definition) is 2. The quantitative estimate of drug-likeness (QED) is 0.575. The topological polar surface area (TPSA) is 29.1 Å². The van der Waals surface area contributed by atoms with Crippen LogP contribution in [0.25, 0.3) is 0 Å². The molecule has 2 nitrogen and oxygen atoms in total. The van der Waals surface area contributed by atoms with Crippen LogP contribution in [0.4, 0.5) is 0 Å². The number of carbonyl (C=O) groups excluding carboxylic acids is 1. The van der Waals surface area contributed by atoms with Crippen LogP contribution in [-0.4, -0.2) is 18.9 Å². The summed E-state index contributed by atoms with van der Waals surface area (Å²) in [5, 5.41) is 3.13. The first-order valence-electron chi connectivity index (χ1n) is 3.97. The molecule has 1 heterocycles. The monoisotopic (exact) mass is 139 g/mol. The van der Waals surface area contributed by atoms with Gasteiger partial charge in [0, 0.05) is 12.0 Å². The van der Waals surface area contributed by atoms with Gasteiger partial charge in [-0.1, -0.05) is 6.92 Å². The SMILES string of the molecule is CC1(C2CC2)CNCC1=O. The molecule has 0 amide bonds. The van der Waals surface area contributed by atoms with E-state index in [-0.39, 0.29) is 5.41 Å². The highest BCUT2D eigenvalue weighted by molar-refractivity contribution is 5.89. The fourth-order valence-corrected chi connectivity index (χ4v) is 1.83. The number of ketones is 1. The van der Waals surface area contributed by atoms with E-state index in [2.05, 4.69) is 12.2 Å². The van der Waals surface area contributed by atoms with E-state index in [4.69, 9.17) is 0 Å². The summed E-state index contributed by atoms with van der Waals surface area (Å²) in [6.07, 6.45) is 2.54. The molecule has 1 N–H and O–H groups in total. The summed E-state index contributed by atoms with van der Waals surface area (Å²) < 4.78 is 0. The van der Waals surface area contributed by atoms with Gasteiger partial charge in [-0.2, -0.15) is 0 Å². The van der Waals surface area contributed by atoms with E-state index in [1.54, 1.807) is 0 Å². The van der Waals surface area contributed by atoms with Crippen molar-refractivity contribution in [1.29, 1.82) is 0 Å². The molecular weight excluding hydrogens is 126 g/mol. The molecule has 1 saturated heterocycles. The van der Waals surface area contributed by atoms with Gasteiger partial charge in [0.05, 0.1) is 6.54 Å². The van der Waals surface area contributed by atoms with Gasteiger partial charge in [-0.25, -0.2) is 0 Å². The smallest absolute Gasteiger partial charge is 0.154 e. The first-order valence-corrected chi connectivity index (χ1v) is 3.97. The Morgan fingerprint density at radius 1 is 1.60 bits per heavy atom. The Hall–Kier alpha value is -0.370. The summed E-state index contributed by atoms with van der Waals surface area (Å²) in [5.41, 5.74) is 0.0139. The van der Waals surface area contributed by atoms with Crippen LogP contribution in [-0.2, 0) is 4.79 Å². The number of rotatable bonds is 1. The molecule has 1 unspecified atom stereocenters. The first-order chi connectivity index (χ1) is 4.73. The Bertz CT molecular complexity index is 174. The molecule has 56 valence electrons. The van der Waals surface area contributed by atoms with E-state index in [9.17, 15) is 4.79 Å². The largest absolute Gasteiger partial charge is 0.309 e. The van der Waals surface area contributed by atoms with E-state index in [0.29, 0.717) is 18.2 Å². The number of nitrogens with one attached hydrogen (secondary N) is 1. The molecule has 0 aromatic carbocycles. The van der Waals surface area contributed by atoms with Crippen LogP contribution in [0.5, 0.6) is 0 Å². The molecular formula is C8H13NO. The van der Waals surface area contributed by atoms with Crippen molar-refractivity contribution in [3.63, 3.8) is 0 Å². The molecule has 0 spiro atoms. The Labute approximate surface area is 61.0 Å². The summed E-state index contributed by atoms with van der Waals surface area (Å²) >= 11 is 0. The number of Topliss-reactive ketones (excluding diaryl/α,β-unsaturated/α-hetero) is 1. The molecule has 1 saturated carbocycles. The minimum Gasteiger partial charge on any atom is -0.309 e. The van der Waals surface area contributed by atoms with Gasteiger partial charge in [0.25, 0.3) is 0 Å². The molecule has 1 atom stereocenters. The van der Waals surface area contributed by atoms with Crippen molar-refractivity contribution >= 4 is 5.78 Å². The molecule has 0 bridgehead atoms. The van der Waals surface area contributed by atoms with Gasteiger partial charge >= 0.3 is 0 Å². The maximum atomic E-state index is 11.3. The van der Waals surface area contributed by atoms with Gasteiger partial charge in [-0.15, -0.1) is 0 Å². The second-order valence-corrected chi connectivity index (χ2v) is 3.72. The normalized spacial score (nSPS) is 40.7. The predicted octanol–water partition coefficient (Wildman–Crippen LogP) is 0.575. The Morgan fingerprint density at radius 3 is 2.70 bits per heavy atom. The van der Waals surface area contributed by atoms with E-state index in [0.717, 1.165) is 6.54 Å². The Kier molecular flexibility index (Phi) is 1.15. The maximum absolute atomic E-state index is 11.3. The van der Waals surface area contributed by atoms with Crippen LogP contribution >= 0.6 is 0 Å². The zero-order chi connectivity index (χ0) is 7.19. The van der Waals surface area contributed by atoms with Gasteiger partial charge in [-0.05, 0) is 18.8 Å². The average molecular weight is 139 g/mol. The molecule has 10 heavy (non-hydrogen) atoms. The van der Waals surface area contributed by atoms with Gasteiger partial charge in [0.15, 0.2) is 5.78 Å². The summed E-state index contributed by atoms with van der Waals surface area (Å²) in [6.45, 7) is 3.62. The molecule has 0 aromatic rings. The third-order valence-corrected chi connectivity index (χ3v) is 2.89. The summed E-state index contributed by atoms with van der Waals surface area (Å²) in [4.78, 5) is 11.3. The predicted molar refractivity (Wildman–Crippen MR) is 38.7 cm³/mol. The van der Waals surface area contributed by atoms with E-state index >= 15 is 0 Å². The van der Waals surface area contributed by atoms with Crippen LogP contribution in [0.3, 0.4) is 0 Å². The average Bonchev–Trinajstić information content (AvgIpc) is 2.65. The lowest BCUT2D eigenvalue weighted by atomic mass is 9.83. The number of carbonyl (C=O) groups is 1. The van der Waals surface area contributed by atoms with Gasteiger partial charge < -0.3 is 5.32 Å². The summed E-state index contributed by atoms with van der Waals surface area (Å²) in [7, 11) is 0. The Balaban J connectivity index is 2.18. The van der Waals surface area contributed by atoms with Crippen molar-refractivity contribution in [1.82, 2.24) is 5.32 Å².